The van der Waals surface area contributed by atoms with Crippen LogP contribution in [0.1, 0.15) is 18.9 Å². The molecule has 1 unspecified atom stereocenters. The molecule has 2 aliphatic heterocycles. The van der Waals surface area contributed by atoms with Crippen molar-refractivity contribution in [2.45, 2.75) is 38.0 Å². The summed E-state index contributed by atoms with van der Waals surface area (Å²) in [5, 5.41) is 32.7. The van der Waals surface area contributed by atoms with Crippen molar-refractivity contribution >= 4 is 35.7 Å². The van der Waals surface area contributed by atoms with Crippen molar-refractivity contribution < 1.29 is 33.2 Å². The van der Waals surface area contributed by atoms with Crippen molar-refractivity contribution in [1.29, 1.82) is 0 Å². The third kappa shape index (κ3) is 6.44. The molecule has 210 valence electrons. The number of aliphatic hydroxyl groups excluding tert-OH is 3. The second-order valence-corrected chi connectivity index (χ2v) is 9.44. The normalized spacial score (nSPS) is 19.0. The van der Waals surface area contributed by atoms with E-state index in [9.17, 15) is 23.4 Å². The Morgan fingerprint density at radius 2 is 2.13 bits per heavy atom. The maximum Gasteiger partial charge on any atom is 0.416 e. The highest BCUT2D eigenvalue weighted by atomic mass is 35.5. The highest BCUT2D eigenvalue weighted by Crippen LogP contribution is 2.44. The zero-order valence-corrected chi connectivity index (χ0v) is 21.7. The topological polar surface area (TPSA) is 126 Å². The Balaban J connectivity index is 1.66. The predicted octanol–water partition coefficient (Wildman–Crippen LogP) is 2.97. The molecular formula is C25H28ClF3N6O4. The minimum atomic E-state index is -4.53. The zero-order chi connectivity index (χ0) is 28.3. The van der Waals surface area contributed by atoms with Gasteiger partial charge in [-0.15, -0.1) is 0 Å². The van der Waals surface area contributed by atoms with E-state index in [1.807, 2.05) is 0 Å². The number of halogens is 4. The summed E-state index contributed by atoms with van der Waals surface area (Å²) in [5.41, 5.74) is 0.145. The Bertz CT molecular complexity index is 1270. The minimum absolute atomic E-state index is 0.0857. The third-order valence-electron chi connectivity index (χ3n) is 6.27. The first-order valence-corrected chi connectivity index (χ1v) is 12.4. The van der Waals surface area contributed by atoms with Gasteiger partial charge in [-0.25, -0.2) is 4.98 Å². The van der Waals surface area contributed by atoms with Gasteiger partial charge in [-0.05, 0) is 31.3 Å². The van der Waals surface area contributed by atoms with Crippen molar-refractivity contribution in [1.82, 2.24) is 10.3 Å². The van der Waals surface area contributed by atoms with E-state index in [1.165, 1.54) is 25.3 Å². The Labute approximate surface area is 227 Å². The monoisotopic (exact) mass is 568 g/mol. The molecule has 3 heterocycles. The van der Waals surface area contributed by atoms with Crippen molar-refractivity contribution in [3.05, 3.63) is 52.9 Å². The van der Waals surface area contributed by atoms with Crippen molar-refractivity contribution in [3.63, 3.8) is 0 Å². The molecule has 4 N–H and O–H groups in total. The zero-order valence-electron chi connectivity index (χ0n) is 20.9. The van der Waals surface area contributed by atoms with E-state index in [0.29, 0.717) is 31.0 Å². The number of alkyl halides is 3. The Morgan fingerprint density at radius 3 is 2.82 bits per heavy atom. The number of hydrogen-bond acceptors (Lipinski definition) is 10. The van der Waals surface area contributed by atoms with Gasteiger partial charge in [-0.3, -0.25) is 4.99 Å². The number of nitrogens with one attached hydrogen (secondary N) is 1. The maximum absolute atomic E-state index is 13.3. The summed E-state index contributed by atoms with van der Waals surface area (Å²) in [6.07, 6.45) is -5.04. The number of rotatable bonds is 9. The summed E-state index contributed by atoms with van der Waals surface area (Å²) < 4.78 is 45.3. The van der Waals surface area contributed by atoms with Crippen LogP contribution in [0.4, 0.5) is 24.7 Å². The van der Waals surface area contributed by atoms with Crippen LogP contribution in [-0.4, -0.2) is 77.7 Å². The van der Waals surface area contributed by atoms with Gasteiger partial charge < -0.3 is 35.2 Å². The van der Waals surface area contributed by atoms with Gasteiger partial charge in [0.2, 0.25) is 6.35 Å². The first-order chi connectivity index (χ1) is 18.5. The molecule has 0 aliphatic carbocycles. The van der Waals surface area contributed by atoms with E-state index < -0.39 is 30.8 Å². The van der Waals surface area contributed by atoms with Gasteiger partial charge in [0.1, 0.15) is 12.7 Å². The first-order valence-electron chi connectivity index (χ1n) is 12.0. The summed E-state index contributed by atoms with van der Waals surface area (Å²) >= 11 is 6.51. The van der Waals surface area contributed by atoms with E-state index in [1.54, 1.807) is 11.0 Å². The highest BCUT2D eigenvalue weighted by molar-refractivity contribution is 6.33. The molecule has 1 fully saturated rings. The van der Waals surface area contributed by atoms with Gasteiger partial charge in [0.25, 0.3) is 0 Å². The predicted molar refractivity (Wildman–Crippen MR) is 142 cm³/mol. The van der Waals surface area contributed by atoms with Gasteiger partial charge in [-0.1, -0.05) is 23.7 Å². The molecule has 0 spiro atoms. The summed E-state index contributed by atoms with van der Waals surface area (Å²) in [5.74, 6) is 0.553. The quantitative estimate of drug-likeness (QED) is 0.207. The van der Waals surface area contributed by atoms with Gasteiger partial charge in [0, 0.05) is 25.6 Å². The molecule has 2 bridgehead atoms. The van der Waals surface area contributed by atoms with Crippen LogP contribution in [0.15, 0.2) is 52.3 Å². The lowest BCUT2D eigenvalue weighted by Crippen LogP contribution is -2.54. The highest BCUT2D eigenvalue weighted by Gasteiger charge is 2.41. The van der Waals surface area contributed by atoms with Crippen LogP contribution in [0.3, 0.4) is 0 Å². The van der Waals surface area contributed by atoms with E-state index in [0.717, 1.165) is 12.1 Å². The molecule has 0 radical (unpaired) electrons. The summed E-state index contributed by atoms with van der Waals surface area (Å²) in [6.45, 7) is 5.52. The average molecular weight is 569 g/mol. The van der Waals surface area contributed by atoms with Crippen LogP contribution in [-0.2, 0) is 10.9 Å². The number of ether oxygens (including phenoxy) is 1. The number of aliphatic hydroxyl groups is 3. The Kier molecular flexibility index (Phi) is 8.64. The van der Waals surface area contributed by atoms with E-state index in [2.05, 4.69) is 31.9 Å². The number of pyridine rings is 1. The molecule has 3 atom stereocenters. The number of benzene rings is 1. The number of nitrogens with zero attached hydrogens (tertiary/aromatic N) is 5. The molecule has 1 aromatic heterocycles. The fraction of sp³-hybridized carbons (Fsp3) is 0.400. The second-order valence-electron chi connectivity index (χ2n) is 9.03. The smallest absolute Gasteiger partial charge is 0.416 e. The van der Waals surface area contributed by atoms with Gasteiger partial charge in [0.15, 0.2) is 17.5 Å². The van der Waals surface area contributed by atoms with Gasteiger partial charge >= 0.3 is 6.18 Å². The van der Waals surface area contributed by atoms with Crippen molar-refractivity contribution in [2.24, 2.45) is 9.98 Å². The molecule has 1 saturated heterocycles. The fourth-order valence-corrected chi connectivity index (χ4v) is 4.73. The largest absolute Gasteiger partial charge is 0.478 e. The minimum Gasteiger partial charge on any atom is -0.478 e. The summed E-state index contributed by atoms with van der Waals surface area (Å²) in [4.78, 5) is 16.2. The summed E-state index contributed by atoms with van der Waals surface area (Å²) in [6, 6.07) is 6.22. The first kappa shape index (κ1) is 28.6. The number of anilines is 2. The molecular weight excluding hydrogens is 541 g/mol. The van der Waals surface area contributed by atoms with Crippen LogP contribution >= 0.6 is 11.6 Å². The lowest BCUT2D eigenvalue weighted by atomic mass is 10.1. The molecule has 39 heavy (non-hydrogen) atoms. The van der Waals surface area contributed by atoms with Gasteiger partial charge in [0.05, 0.1) is 40.8 Å². The van der Waals surface area contributed by atoms with E-state index >= 15 is 0 Å². The fourth-order valence-electron chi connectivity index (χ4n) is 4.47. The maximum atomic E-state index is 13.3. The van der Waals surface area contributed by atoms with E-state index in [4.69, 9.17) is 21.4 Å². The number of aliphatic imine (C=N–C) groups is 2. The molecule has 2 aliphatic rings. The molecule has 2 aromatic rings. The SMILES string of the molecule is C=N/C=C(\N=C(/C)OC[C@H](O)CO)NC(O)N1c2nc(-c3cccc(C(F)(F)F)c3)c(Cl)cc2N2CC[C@H]1C2. The third-order valence-corrected chi connectivity index (χ3v) is 6.56. The standard InChI is InChI=1S/C25H28ClF3N6O4/c1-14(39-13-18(37)12-36)31-21(10-30-2)32-24(38)35-17-6-7-34(11-17)20-9-19(26)22(33-23(20)35)15-4-3-5-16(8-15)25(27,28)29/h3-5,8-10,17-18,24,32,36-38H,2,6-7,11-13H2,1H3/b21-10+,31-14+/t17-,18+,24?/m0/s1. The van der Waals surface area contributed by atoms with E-state index in [-0.39, 0.29) is 40.6 Å². The lowest BCUT2D eigenvalue weighted by molar-refractivity contribution is -0.137. The van der Waals surface area contributed by atoms with Crippen LogP contribution in [0.25, 0.3) is 11.3 Å². The second kappa shape index (κ2) is 11.8. The molecule has 4 rings (SSSR count). The lowest BCUT2D eigenvalue weighted by Gasteiger charge is -2.40. The number of fused-ring (bicyclic) bond motifs is 4. The molecule has 1 aromatic carbocycles. The molecule has 0 amide bonds. The molecule has 14 heteroatoms. The van der Waals surface area contributed by atoms with Crippen LogP contribution in [0, 0.1) is 0 Å². The van der Waals surface area contributed by atoms with Crippen molar-refractivity contribution in [2.75, 3.05) is 36.1 Å². The van der Waals surface area contributed by atoms with Crippen molar-refractivity contribution in [3.8, 4) is 11.3 Å². The van der Waals surface area contributed by atoms with Crippen LogP contribution in [0.5, 0.6) is 0 Å². The summed E-state index contributed by atoms with van der Waals surface area (Å²) in [7, 11) is 0. The van der Waals surface area contributed by atoms with Crippen LogP contribution in [0.2, 0.25) is 5.02 Å². The average Bonchev–Trinajstić information content (AvgIpc) is 3.31. The molecule has 10 nitrogen and oxygen atoms in total. The number of hydrogen-bond donors (Lipinski definition) is 4. The van der Waals surface area contributed by atoms with Gasteiger partial charge in [-0.2, -0.15) is 18.2 Å². The Morgan fingerprint density at radius 1 is 1.36 bits per heavy atom. The Hall–Kier alpha value is -3.39. The molecule has 0 saturated carbocycles. The van der Waals surface area contributed by atoms with Crippen LogP contribution < -0.4 is 15.1 Å². The number of aromatic nitrogens is 1.